The van der Waals surface area contributed by atoms with Crippen molar-refractivity contribution < 1.29 is 28.6 Å². The van der Waals surface area contributed by atoms with Gasteiger partial charge in [-0.2, -0.15) is 0 Å². The van der Waals surface area contributed by atoms with Gasteiger partial charge in [-0.25, -0.2) is 14.5 Å². The van der Waals surface area contributed by atoms with Crippen LogP contribution in [0.5, 0.6) is 5.75 Å². The van der Waals surface area contributed by atoms with Crippen molar-refractivity contribution in [1.82, 2.24) is 0 Å². The fourth-order valence-electron chi connectivity index (χ4n) is 5.08. The molecule has 1 heterocycles. The molecular formula is C31H31NO6. The minimum Gasteiger partial charge on any atom is -0.497 e. The van der Waals surface area contributed by atoms with Crippen LogP contribution in [0.3, 0.4) is 0 Å². The van der Waals surface area contributed by atoms with Gasteiger partial charge in [0.25, 0.3) is 5.91 Å². The highest BCUT2D eigenvalue weighted by atomic mass is 16.6. The van der Waals surface area contributed by atoms with Crippen molar-refractivity contribution in [2.75, 3.05) is 19.1 Å². The second-order valence-electron chi connectivity index (χ2n) is 10.0. The zero-order valence-corrected chi connectivity index (χ0v) is 22.2. The molecule has 0 aromatic heterocycles. The predicted octanol–water partition coefficient (Wildman–Crippen LogP) is 5.78. The number of hydrogen-bond donors (Lipinski definition) is 0. The number of methoxy groups -OCH3 is 2. The van der Waals surface area contributed by atoms with Gasteiger partial charge >= 0.3 is 12.1 Å². The molecule has 0 fully saturated rings. The van der Waals surface area contributed by atoms with Gasteiger partial charge in [0.1, 0.15) is 16.8 Å². The summed E-state index contributed by atoms with van der Waals surface area (Å²) in [5.41, 5.74) is -0.159. The van der Waals surface area contributed by atoms with E-state index >= 15 is 0 Å². The lowest BCUT2D eigenvalue weighted by Gasteiger charge is -2.38. The summed E-state index contributed by atoms with van der Waals surface area (Å²) in [6.45, 7) is 9.32. The maximum Gasteiger partial charge on any atom is 0.421 e. The molecular weight excluding hydrogens is 482 g/mol. The van der Waals surface area contributed by atoms with Crippen LogP contribution in [0.15, 0.2) is 91.0 Å². The molecule has 0 radical (unpaired) electrons. The summed E-state index contributed by atoms with van der Waals surface area (Å²) in [6.07, 6.45) is -0.801. The molecule has 0 saturated carbocycles. The van der Waals surface area contributed by atoms with E-state index in [-0.39, 0.29) is 5.57 Å². The van der Waals surface area contributed by atoms with Crippen LogP contribution < -0.4 is 9.64 Å². The molecule has 1 aliphatic rings. The molecule has 0 spiro atoms. The molecule has 7 nitrogen and oxygen atoms in total. The monoisotopic (exact) mass is 513 g/mol. The topological polar surface area (TPSA) is 82.1 Å². The third kappa shape index (κ3) is 4.45. The molecule has 0 bridgehead atoms. The summed E-state index contributed by atoms with van der Waals surface area (Å²) in [4.78, 5) is 42.4. The van der Waals surface area contributed by atoms with E-state index in [0.717, 1.165) is 4.90 Å². The molecule has 2 atom stereocenters. The van der Waals surface area contributed by atoms with E-state index in [4.69, 9.17) is 14.2 Å². The van der Waals surface area contributed by atoms with Crippen LogP contribution in [0.4, 0.5) is 10.5 Å². The molecule has 0 N–H and O–H groups in total. The van der Waals surface area contributed by atoms with Gasteiger partial charge in [0.15, 0.2) is 0 Å². The van der Waals surface area contributed by atoms with Crippen molar-refractivity contribution >= 4 is 23.7 Å². The summed E-state index contributed by atoms with van der Waals surface area (Å²) in [7, 11) is 2.83. The molecule has 196 valence electrons. The second kappa shape index (κ2) is 10.2. The number of fused-ring (bicyclic) bond motifs is 1. The molecule has 38 heavy (non-hydrogen) atoms. The van der Waals surface area contributed by atoms with Crippen molar-refractivity contribution in [3.8, 4) is 5.75 Å². The number of rotatable bonds is 6. The molecule has 0 aliphatic carbocycles. The molecule has 0 saturated heterocycles. The van der Waals surface area contributed by atoms with Crippen LogP contribution >= 0.6 is 0 Å². The van der Waals surface area contributed by atoms with Gasteiger partial charge < -0.3 is 14.2 Å². The van der Waals surface area contributed by atoms with Gasteiger partial charge in [-0.1, -0.05) is 67.2 Å². The number of para-hydroxylation sites is 1. The quantitative estimate of drug-likeness (QED) is 0.307. The van der Waals surface area contributed by atoms with Crippen LogP contribution in [-0.4, -0.2) is 37.8 Å². The molecule has 3 aromatic rings. The van der Waals surface area contributed by atoms with E-state index in [1.54, 1.807) is 76.4 Å². The van der Waals surface area contributed by atoms with Gasteiger partial charge in [0.05, 0.1) is 19.9 Å². The number of imide groups is 1. The summed E-state index contributed by atoms with van der Waals surface area (Å²) in [6, 6.07) is 23.2. The van der Waals surface area contributed by atoms with Crippen LogP contribution in [0, 0.1) is 0 Å². The lowest BCUT2D eigenvalue weighted by atomic mass is 9.62. The average Bonchev–Trinajstić information content (AvgIpc) is 3.17. The summed E-state index contributed by atoms with van der Waals surface area (Å²) in [5.74, 6) is -1.53. The minimum absolute atomic E-state index is 0.0655. The standard InChI is InChI=1S/C31H31NO6/c1-20(27(33)37-6)26(21-16-18-23(36-5)19-17-21)31(22-12-8-7-9-13-22)24-14-10-11-15-25(24)32(28(31)34)29(35)38-30(2,3)4/h7-19,26H,1H2,2-6H3/t26-,31-/m0/s1. The highest BCUT2D eigenvalue weighted by Gasteiger charge is 2.60. The summed E-state index contributed by atoms with van der Waals surface area (Å²) >= 11 is 0. The van der Waals surface area contributed by atoms with Gasteiger partial charge in [-0.05, 0) is 55.7 Å². The number of nitrogens with zero attached hydrogens (tertiary/aromatic N) is 1. The van der Waals surface area contributed by atoms with E-state index in [1.165, 1.54) is 7.11 Å². The molecule has 2 amide bonds. The Kier molecular flexibility index (Phi) is 7.14. The smallest absolute Gasteiger partial charge is 0.421 e. The number of carbonyl (C=O) groups is 3. The van der Waals surface area contributed by atoms with Crippen molar-refractivity contribution in [2.24, 2.45) is 0 Å². The maximum absolute atomic E-state index is 14.8. The molecule has 4 rings (SSSR count). The van der Waals surface area contributed by atoms with Gasteiger partial charge in [-0.15, -0.1) is 0 Å². The third-order valence-corrected chi connectivity index (χ3v) is 6.59. The Morgan fingerprint density at radius 1 is 0.895 bits per heavy atom. The number of carbonyl (C=O) groups excluding carboxylic acids is 3. The lowest BCUT2D eigenvalue weighted by molar-refractivity contribution is -0.136. The van der Waals surface area contributed by atoms with E-state index in [1.807, 2.05) is 30.3 Å². The van der Waals surface area contributed by atoms with E-state index in [9.17, 15) is 14.4 Å². The Balaban J connectivity index is 2.08. The number of anilines is 1. The normalized spacial score (nSPS) is 17.4. The number of hydrogen-bond acceptors (Lipinski definition) is 6. The maximum atomic E-state index is 14.8. The Bertz CT molecular complexity index is 1370. The number of esters is 1. The average molecular weight is 514 g/mol. The first-order valence-corrected chi connectivity index (χ1v) is 12.2. The first-order valence-electron chi connectivity index (χ1n) is 12.2. The van der Waals surface area contributed by atoms with Gasteiger partial charge in [0, 0.05) is 11.5 Å². The zero-order chi connectivity index (χ0) is 27.7. The number of amides is 2. The number of benzene rings is 3. The molecule has 0 unspecified atom stereocenters. The SMILES string of the molecule is C=C(C(=O)OC)[C@@H](c1ccc(OC)cc1)[C@@]1(c2ccccc2)C(=O)N(C(=O)OC(C)(C)C)c2ccccc21. The first-order chi connectivity index (χ1) is 18.1. The van der Waals surface area contributed by atoms with Crippen molar-refractivity contribution in [3.05, 3.63) is 108 Å². The third-order valence-electron chi connectivity index (χ3n) is 6.59. The van der Waals surface area contributed by atoms with E-state index < -0.39 is 34.9 Å². The largest absolute Gasteiger partial charge is 0.497 e. The predicted molar refractivity (Wildman–Crippen MR) is 144 cm³/mol. The van der Waals surface area contributed by atoms with Crippen LogP contribution in [0.2, 0.25) is 0 Å². The van der Waals surface area contributed by atoms with E-state index in [2.05, 4.69) is 6.58 Å². The fraction of sp³-hybridized carbons (Fsp3) is 0.258. The highest BCUT2D eigenvalue weighted by molar-refractivity contribution is 6.23. The Morgan fingerprint density at radius 3 is 2.08 bits per heavy atom. The van der Waals surface area contributed by atoms with Crippen LogP contribution in [-0.2, 0) is 24.5 Å². The van der Waals surface area contributed by atoms with Crippen molar-refractivity contribution in [1.29, 1.82) is 0 Å². The zero-order valence-electron chi connectivity index (χ0n) is 22.2. The fourth-order valence-corrected chi connectivity index (χ4v) is 5.08. The Morgan fingerprint density at radius 2 is 1.50 bits per heavy atom. The second-order valence-corrected chi connectivity index (χ2v) is 10.0. The van der Waals surface area contributed by atoms with Gasteiger partial charge in [-0.3, -0.25) is 4.79 Å². The first kappa shape index (κ1) is 26.7. The lowest BCUT2D eigenvalue weighted by Crippen LogP contribution is -2.49. The van der Waals surface area contributed by atoms with Crippen LogP contribution in [0.25, 0.3) is 0 Å². The molecule has 1 aliphatic heterocycles. The Labute approximate surface area is 222 Å². The molecule has 7 heteroatoms. The summed E-state index contributed by atoms with van der Waals surface area (Å²) < 4.78 is 16.1. The van der Waals surface area contributed by atoms with Crippen LogP contribution in [0.1, 0.15) is 43.4 Å². The van der Waals surface area contributed by atoms with Crippen molar-refractivity contribution in [2.45, 2.75) is 37.7 Å². The van der Waals surface area contributed by atoms with Crippen molar-refractivity contribution in [3.63, 3.8) is 0 Å². The minimum atomic E-state index is -1.53. The summed E-state index contributed by atoms with van der Waals surface area (Å²) in [5, 5.41) is 0. The Hall–Kier alpha value is -4.39. The van der Waals surface area contributed by atoms with E-state index in [0.29, 0.717) is 28.1 Å². The van der Waals surface area contributed by atoms with Gasteiger partial charge in [0.2, 0.25) is 0 Å². The number of ether oxygens (including phenoxy) is 3. The molecule has 3 aromatic carbocycles. The highest BCUT2D eigenvalue weighted by Crippen LogP contribution is 2.56.